The average Bonchev–Trinajstić information content (AvgIpc) is 2.16. The Bertz CT molecular complexity index is 376. The third-order valence-electron chi connectivity index (χ3n) is 1.78. The molecule has 0 aliphatic carbocycles. The van der Waals surface area contributed by atoms with Gasteiger partial charge < -0.3 is 0 Å². The molecule has 0 radical (unpaired) electrons. The number of ether oxygens (including phenoxy) is 1. The maximum absolute atomic E-state index is 10.5. The summed E-state index contributed by atoms with van der Waals surface area (Å²) in [5.74, 6) is -0.647. The zero-order chi connectivity index (χ0) is 12.1. The van der Waals surface area contributed by atoms with Crippen LogP contribution in [-0.4, -0.2) is 43.5 Å². The van der Waals surface area contributed by atoms with Crippen LogP contribution in [0.2, 0.25) is 0 Å². The molecule has 1 unspecified atom stereocenters. The molecule has 1 atom stereocenters. The van der Waals surface area contributed by atoms with E-state index >= 15 is 0 Å². The van der Waals surface area contributed by atoms with Crippen molar-refractivity contribution in [3.63, 3.8) is 0 Å². The number of aromatic hydroxyl groups is 1. The van der Waals surface area contributed by atoms with Gasteiger partial charge in [0.05, 0.1) is 0 Å². The minimum absolute atomic E-state index is 0.0177. The van der Waals surface area contributed by atoms with Crippen LogP contribution in [0.25, 0.3) is 0 Å². The van der Waals surface area contributed by atoms with Crippen LogP contribution in [0, 0.1) is 10.1 Å². The number of hydrogen-bond acceptors (Lipinski definition) is 6. The van der Waals surface area contributed by atoms with E-state index in [-0.39, 0.29) is 10.5 Å². The zero-order valence-corrected chi connectivity index (χ0v) is 11.1. The first kappa shape index (κ1) is 12.7. The van der Waals surface area contributed by atoms with E-state index in [0.717, 1.165) is 29.7 Å². The number of nitrogens with zero attached hydrogens (tertiary/aromatic N) is 3. The van der Waals surface area contributed by atoms with Crippen molar-refractivity contribution in [2.75, 3.05) is 6.61 Å². The predicted octanol–water partition coefficient (Wildman–Crippen LogP) is -0.472. The maximum atomic E-state index is 10.5. The van der Waals surface area contributed by atoms with Crippen molar-refractivity contribution in [2.24, 2.45) is 0 Å². The number of unbranched alkanes of at least 4 members (excludes halogenated alkanes) is 1. The molecule has 1 rings (SSSR count). The molecule has 0 saturated heterocycles. The monoisotopic (exact) mass is 289 g/mol. The Hall–Kier alpha value is -1.36. The molecule has 1 heterocycles. The molecule has 0 bridgehead atoms. The molecule has 0 saturated carbocycles. The fourth-order valence-electron chi connectivity index (χ4n) is 0.987. The van der Waals surface area contributed by atoms with Crippen LogP contribution in [0.4, 0.5) is 5.69 Å². The average molecular weight is 289 g/mol. The number of aromatic nitrogens is 2. The molecule has 0 amide bonds. The van der Waals surface area contributed by atoms with Crippen LogP contribution in [0.5, 0.6) is 11.9 Å². The molecule has 88 valence electrons. The van der Waals surface area contributed by atoms with Crippen molar-refractivity contribution in [3.05, 3.63) is 10.1 Å². The molecule has 0 aromatic carbocycles. The molecule has 0 fully saturated rings. The van der Waals surface area contributed by atoms with E-state index in [4.69, 9.17) is 4.74 Å². The Morgan fingerprint density at radius 3 is 2.75 bits per heavy atom. The Morgan fingerprint density at radius 1 is 1.56 bits per heavy atom. The molecule has 1 aromatic heterocycles. The summed E-state index contributed by atoms with van der Waals surface area (Å²) in [5, 5.41) is 19.9. The summed E-state index contributed by atoms with van der Waals surface area (Å²) in [6.07, 6.45) is 1.80. The first-order chi connectivity index (χ1) is 7.56. The van der Waals surface area contributed by atoms with E-state index in [1.807, 2.05) is 6.92 Å². The third kappa shape index (κ3) is 3.06. The fourth-order valence-corrected chi connectivity index (χ4v) is 1.71. The Balaban J connectivity index is 2.87. The van der Waals surface area contributed by atoms with Gasteiger partial charge >= 0.3 is 100 Å². The molecule has 0 spiro atoms. The molecule has 1 N–H and O–H groups in total. The molecular formula is C8H12AsN3O4. The van der Waals surface area contributed by atoms with Gasteiger partial charge in [-0.15, -0.1) is 0 Å². The molecule has 0 aliphatic heterocycles. The zero-order valence-electron chi connectivity index (χ0n) is 8.71. The predicted molar refractivity (Wildman–Crippen MR) is 58.9 cm³/mol. The number of nitro groups is 1. The second-order valence-electron chi connectivity index (χ2n) is 3.02. The number of hydrogen-bond donors (Lipinski definition) is 1. The van der Waals surface area contributed by atoms with Gasteiger partial charge in [-0.05, 0) is 0 Å². The Morgan fingerprint density at radius 2 is 2.25 bits per heavy atom. The van der Waals surface area contributed by atoms with E-state index in [1.54, 1.807) is 0 Å². The summed E-state index contributed by atoms with van der Waals surface area (Å²) in [6.45, 7) is 2.44. The van der Waals surface area contributed by atoms with Crippen molar-refractivity contribution in [3.8, 4) is 11.9 Å². The molecular weight excluding hydrogens is 277 g/mol. The quantitative estimate of drug-likeness (QED) is 0.340. The first-order valence-electron chi connectivity index (χ1n) is 4.70. The van der Waals surface area contributed by atoms with Gasteiger partial charge in [0, 0.05) is 0 Å². The second-order valence-corrected chi connectivity index (χ2v) is 4.17. The topological polar surface area (TPSA) is 98.4 Å². The second kappa shape index (κ2) is 5.65. The van der Waals surface area contributed by atoms with Gasteiger partial charge in [0.2, 0.25) is 0 Å². The van der Waals surface area contributed by atoms with Gasteiger partial charge in [-0.3, -0.25) is 0 Å². The summed E-state index contributed by atoms with van der Waals surface area (Å²) in [7, 11) is 0. The molecule has 0 aliphatic rings. The van der Waals surface area contributed by atoms with E-state index < -0.39 is 16.5 Å². The first-order valence-corrected chi connectivity index (χ1v) is 5.91. The van der Waals surface area contributed by atoms with Crippen LogP contribution in [-0.2, 0) is 0 Å². The fraction of sp³-hybridized carbons (Fsp3) is 0.500. The summed E-state index contributed by atoms with van der Waals surface area (Å²) >= 11 is 0.939. The van der Waals surface area contributed by atoms with Crippen molar-refractivity contribution >= 4 is 27.0 Å². The minimum atomic E-state index is -0.706. The molecule has 8 heteroatoms. The van der Waals surface area contributed by atoms with Crippen molar-refractivity contribution < 1.29 is 14.8 Å². The number of rotatable bonds is 5. The van der Waals surface area contributed by atoms with Gasteiger partial charge in [-0.25, -0.2) is 0 Å². The van der Waals surface area contributed by atoms with Crippen LogP contribution >= 0.6 is 0 Å². The standard InChI is InChI=1S/C8H12AsN3O4/c1-2-3-4-16-8-10-6(9)5(12(14)15)7(13)11-8/h2-4,9H2,1H3,(H,10,11,13). The summed E-state index contributed by atoms with van der Waals surface area (Å²) in [6, 6.07) is -0.0177. The Labute approximate surface area is 101 Å². The van der Waals surface area contributed by atoms with Crippen LogP contribution in [0.3, 0.4) is 0 Å². The van der Waals surface area contributed by atoms with Gasteiger partial charge in [0.15, 0.2) is 0 Å². The van der Waals surface area contributed by atoms with Crippen LogP contribution in [0.1, 0.15) is 19.8 Å². The van der Waals surface area contributed by atoms with Crippen molar-refractivity contribution in [1.82, 2.24) is 9.97 Å². The van der Waals surface area contributed by atoms with Crippen LogP contribution < -0.4 is 9.22 Å². The molecule has 7 nitrogen and oxygen atoms in total. The molecule has 1 aromatic rings. The normalized spacial score (nSPS) is 10.1. The molecule has 16 heavy (non-hydrogen) atoms. The van der Waals surface area contributed by atoms with Gasteiger partial charge in [0.1, 0.15) is 0 Å². The summed E-state index contributed by atoms with van der Waals surface area (Å²) < 4.78 is 5.30. The van der Waals surface area contributed by atoms with Crippen molar-refractivity contribution in [1.29, 1.82) is 0 Å². The van der Waals surface area contributed by atoms with E-state index in [2.05, 4.69) is 9.97 Å². The van der Waals surface area contributed by atoms with Gasteiger partial charge in [-0.1, -0.05) is 0 Å². The SMILES string of the molecule is CCCCOc1nc(O)c([N+](=O)[O-])c([AsH2])n1. The van der Waals surface area contributed by atoms with Crippen LogP contribution in [0.15, 0.2) is 0 Å². The van der Waals surface area contributed by atoms with Gasteiger partial charge in [-0.2, -0.15) is 0 Å². The Kier molecular flexibility index (Phi) is 4.49. The van der Waals surface area contributed by atoms with E-state index in [9.17, 15) is 15.2 Å². The summed E-state index contributed by atoms with van der Waals surface area (Å²) in [4.78, 5) is 17.2. The van der Waals surface area contributed by atoms with E-state index in [1.165, 1.54) is 0 Å². The van der Waals surface area contributed by atoms with E-state index in [0.29, 0.717) is 6.61 Å². The summed E-state index contributed by atoms with van der Waals surface area (Å²) in [5.41, 5.74) is -0.456. The van der Waals surface area contributed by atoms with Crippen molar-refractivity contribution in [2.45, 2.75) is 19.8 Å². The third-order valence-corrected chi connectivity index (χ3v) is 2.63. The van der Waals surface area contributed by atoms with Gasteiger partial charge in [0.25, 0.3) is 0 Å².